The monoisotopic (exact) mass is 198 g/mol. The summed E-state index contributed by atoms with van der Waals surface area (Å²) in [4.78, 5) is 16.2. The van der Waals surface area contributed by atoms with E-state index < -0.39 is 0 Å². The van der Waals surface area contributed by atoms with E-state index in [4.69, 9.17) is 0 Å². The molecule has 0 saturated heterocycles. The average Bonchev–Trinajstić information content (AvgIpc) is 2.82. The molecule has 0 aliphatic carbocycles. The summed E-state index contributed by atoms with van der Waals surface area (Å²) >= 11 is 0. The van der Waals surface area contributed by atoms with E-state index in [0.717, 1.165) is 5.39 Å². The first-order valence-corrected chi connectivity index (χ1v) is 4.36. The van der Waals surface area contributed by atoms with Gasteiger partial charge in [0, 0.05) is 6.20 Å². The topological polar surface area (TPSA) is 69.4 Å². The molecule has 0 aromatic carbocycles. The molecule has 3 aromatic heterocycles. The van der Waals surface area contributed by atoms with Crippen LogP contribution in [0.15, 0.2) is 37.3 Å². The van der Waals surface area contributed by atoms with Crippen LogP contribution in [0.2, 0.25) is 0 Å². The van der Waals surface area contributed by atoms with E-state index in [-0.39, 0.29) is 0 Å². The molecular weight excluding hydrogens is 192 g/mol. The molecule has 6 heteroatoms. The van der Waals surface area contributed by atoms with Crippen molar-refractivity contribution in [3.8, 4) is 5.82 Å². The van der Waals surface area contributed by atoms with Crippen LogP contribution in [0.5, 0.6) is 0 Å². The second kappa shape index (κ2) is 3.09. The van der Waals surface area contributed by atoms with E-state index in [9.17, 15) is 0 Å². The van der Waals surface area contributed by atoms with E-state index in [1.165, 1.54) is 12.7 Å². The van der Waals surface area contributed by atoms with Crippen LogP contribution in [0.4, 0.5) is 0 Å². The first kappa shape index (κ1) is 7.98. The van der Waals surface area contributed by atoms with Gasteiger partial charge in [0.25, 0.3) is 0 Å². The van der Waals surface area contributed by atoms with Gasteiger partial charge in [0.1, 0.15) is 19.0 Å². The molecule has 15 heavy (non-hydrogen) atoms. The average molecular weight is 198 g/mol. The first-order valence-electron chi connectivity index (χ1n) is 4.36. The smallest absolute Gasteiger partial charge is 0.167 e. The van der Waals surface area contributed by atoms with Gasteiger partial charge in [-0.3, -0.25) is 0 Å². The Morgan fingerprint density at radius 1 is 1.07 bits per heavy atom. The maximum Gasteiger partial charge on any atom is 0.167 e. The Balaban J connectivity index is 2.36. The van der Waals surface area contributed by atoms with Crippen molar-refractivity contribution in [3.63, 3.8) is 0 Å². The molecule has 0 atom stereocenters. The number of fused-ring (bicyclic) bond motifs is 1. The van der Waals surface area contributed by atoms with Gasteiger partial charge in [-0.1, -0.05) is 0 Å². The third kappa shape index (κ3) is 1.23. The summed E-state index contributed by atoms with van der Waals surface area (Å²) in [7, 11) is 0. The molecule has 3 heterocycles. The van der Waals surface area contributed by atoms with Crippen LogP contribution in [-0.4, -0.2) is 29.7 Å². The molecule has 0 N–H and O–H groups in total. The van der Waals surface area contributed by atoms with Crippen molar-refractivity contribution >= 4 is 11.0 Å². The van der Waals surface area contributed by atoms with Gasteiger partial charge in [-0.15, -0.1) is 0 Å². The molecule has 3 rings (SSSR count). The predicted octanol–water partition coefficient (Wildman–Crippen LogP) is 0.605. The molecule has 3 aromatic rings. The van der Waals surface area contributed by atoms with Gasteiger partial charge < -0.3 is 0 Å². The fraction of sp³-hybridized carbons (Fsp3) is 0. The van der Waals surface area contributed by atoms with Crippen molar-refractivity contribution in [2.45, 2.75) is 0 Å². The summed E-state index contributed by atoms with van der Waals surface area (Å²) in [6, 6.07) is 3.74. The van der Waals surface area contributed by atoms with Crippen molar-refractivity contribution < 1.29 is 0 Å². The normalized spacial score (nSPS) is 10.7. The highest BCUT2D eigenvalue weighted by Gasteiger charge is 2.05. The van der Waals surface area contributed by atoms with Gasteiger partial charge in [-0.05, 0) is 12.1 Å². The van der Waals surface area contributed by atoms with Crippen LogP contribution >= 0.6 is 0 Å². The van der Waals surface area contributed by atoms with Crippen LogP contribution in [0.1, 0.15) is 0 Å². The van der Waals surface area contributed by atoms with Crippen LogP contribution in [0.25, 0.3) is 16.9 Å². The molecule has 0 saturated carbocycles. The molecule has 0 spiro atoms. The van der Waals surface area contributed by atoms with E-state index in [1.807, 2.05) is 12.1 Å². The summed E-state index contributed by atoms with van der Waals surface area (Å²) in [5.41, 5.74) is 0.651. The highest BCUT2D eigenvalue weighted by atomic mass is 15.3. The van der Waals surface area contributed by atoms with Crippen LogP contribution in [-0.2, 0) is 0 Å². The fourth-order valence-electron chi connectivity index (χ4n) is 1.38. The number of nitrogens with zero attached hydrogens (tertiary/aromatic N) is 6. The molecular formula is C9H6N6. The van der Waals surface area contributed by atoms with Gasteiger partial charge in [-0.25, -0.2) is 24.6 Å². The lowest BCUT2D eigenvalue weighted by Gasteiger charge is -2.01. The minimum atomic E-state index is 0.651. The lowest BCUT2D eigenvalue weighted by atomic mass is 10.3. The summed E-state index contributed by atoms with van der Waals surface area (Å²) in [6.45, 7) is 0. The summed E-state index contributed by atoms with van der Waals surface area (Å²) in [5.74, 6) is 0.686. The van der Waals surface area contributed by atoms with E-state index in [1.54, 1.807) is 17.2 Å². The number of hydrogen-bond acceptors (Lipinski definition) is 5. The Morgan fingerprint density at radius 3 is 2.93 bits per heavy atom. The van der Waals surface area contributed by atoms with Gasteiger partial charge in [-0.2, -0.15) is 5.10 Å². The predicted molar refractivity (Wildman–Crippen MR) is 52.3 cm³/mol. The summed E-state index contributed by atoms with van der Waals surface area (Å²) in [6.07, 6.45) is 6.21. The zero-order valence-corrected chi connectivity index (χ0v) is 7.65. The Bertz CT molecular complexity index is 583. The highest BCUT2D eigenvalue weighted by Crippen LogP contribution is 2.14. The molecule has 72 valence electrons. The van der Waals surface area contributed by atoms with Gasteiger partial charge >= 0.3 is 0 Å². The largest absolute Gasteiger partial charge is 0.236 e. The molecule has 6 nitrogen and oxygen atoms in total. The van der Waals surface area contributed by atoms with E-state index in [2.05, 4.69) is 25.0 Å². The Kier molecular flexibility index (Phi) is 1.64. The van der Waals surface area contributed by atoms with Crippen molar-refractivity contribution in [1.82, 2.24) is 29.7 Å². The first-order chi connectivity index (χ1) is 7.45. The Morgan fingerprint density at radius 2 is 2.07 bits per heavy atom. The van der Waals surface area contributed by atoms with Crippen molar-refractivity contribution in [2.75, 3.05) is 0 Å². The molecule has 0 fully saturated rings. The molecule has 0 aliphatic heterocycles. The molecule has 0 bridgehead atoms. The molecule has 0 unspecified atom stereocenters. The molecule has 0 radical (unpaired) electrons. The van der Waals surface area contributed by atoms with Gasteiger partial charge in [0.2, 0.25) is 0 Å². The quantitative estimate of drug-likeness (QED) is 0.572. The number of rotatable bonds is 1. The zero-order valence-electron chi connectivity index (χ0n) is 7.65. The van der Waals surface area contributed by atoms with Gasteiger partial charge in [0.15, 0.2) is 11.5 Å². The second-order valence-electron chi connectivity index (χ2n) is 2.91. The molecule has 0 amide bonds. The van der Waals surface area contributed by atoms with E-state index >= 15 is 0 Å². The van der Waals surface area contributed by atoms with Crippen LogP contribution in [0, 0.1) is 0 Å². The zero-order chi connectivity index (χ0) is 10.1. The minimum Gasteiger partial charge on any atom is -0.236 e. The summed E-state index contributed by atoms with van der Waals surface area (Å²) in [5, 5.41) is 4.88. The number of aromatic nitrogens is 6. The third-order valence-electron chi connectivity index (χ3n) is 2.02. The number of hydrogen-bond donors (Lipinski definition) is 0. The SMILES string of the molecule is c1cnc2ncnc(-n3cncn3)c2c1. The number of pyridine rings is 1. The maximum absolute atomic E-state index is 4.16. The van der Waals surface area contributed by atoms with Crippen molar-refractivity contribution in [3.05, 3.63) is 37.3 Å². The minimum absolute atomic E-state index is 0.651. The highest BCUT2D eigenvalue weighted by molar-refractivity contribution is 5.81. The van der Waals surface area contributed by atoms with Crippen molar-refractivity contribution in [1.29, 1.82) is 0 Å². The molecule has 0 aliphatic rings. The lowest BCUT2D eigenvalue weighted by Crippen LogP contribution is -2.00. The van der Waals surface area contributed by atoms with Crippen LogP contribution < -0.4 is 0 Å². The summed E-state index contributed by atoms with van der Waals surface area (Å²) < 4.78 is 1.59. The Hall–Kier alpha value is -2.37. The lowest BCUT2D eigenvalue weighted by molar-refractivity contribution is 0.848. The maximum atomic E-state index is 4.16. The van der Waals surface area contributed by atoms with Gasteiger partial charge in [0.05, 0.1) is 5.39 Å². The van der Waals surface area contributed by atoms with Crippen molar-refractivity contribution in [2.24, 2.45) is 0 Å². The van der Waals surface area contributed by atoms with Crippen LogP contribution in [0.3, 0.4) is 0 Å². The third-order valence-corrected chi connectivity index (χ3v) is 2.02. The standard InChI is InChI=1S/C9H6N6/c1-2-7-8(11-3-1)12-5-13-9(7)15-6-10-4-14-15/h1-6H. The van der Waals surface area contributed by atoms with E-state index in [0.29, 0.717) is 11.5 Å². The fourth-order valence-corrected chi connectivity index (χ4v) is 1.38. The second-order valence-corrected chi connectivity index (χ2v) is 2.91. The Labute approximate surface area is 84.7 Å².